The number of hydrogen-bond acceptors (Lipinski definition) is 3. The van der Waals surface area contributed by atoms with Crippen LogP contribution < -0.4 is 5.43 Å². The molecule has 0 saturated carbocycles. The fourth-order valence-electron chi connectivity index (χ4n) is 0.940. The summed E-state index contributed by atoms with van der Waals surface area (Å²) in [7, 11) is 0.305. The van der Waals surface area contributed by atoms with Crippen LogP contribution in [0.25, 0.3) is 0 Å². The Morgan fingerprint density at radius 1 is 1.40 bits per heavy atom. The van der Waals surface area contributed by atoms with Crippen LogP contribution in [0.2, 0.25) is 5.15 Å². The Morgan fingerprint density at radius 3 is 2.33 bits per heavy atom. The summed E-state index contributed by atoms with van der Waals surface area (Å²) in [5, 5.41) is -0.389. The summed E-state index contributed by atoms with van der Waals surface area (Å²) in [6.45, 7) is 0. The van der Waals surface area contributed by atoms with Gasteiger partial charge in [-0.2, -0.15) is 0 Å². The molecule has 1 aromatic heterocycles. The topological polar surface area (TPSA) is 67.0 Å². The highest BCUT2D eigenvalue weighted by Gasteiger charge is 2.26. The molecule has 0 spiro atoms. The first-order chi connectivity index (χ1) is 6.73. The number of rotatable bonds is 2. The predicted molar refractivity (Wildman–Crippen MR) is 50.1 cm³/mol. The Kier molecular flexibility index (Phi) is 3.37. The Balaban J connectivity index is 3.71. The van der Waals surface area contributed by atoms with Gasteiger partial charge in [-0.15, -0.1) is 0 Å². The zero-order valence-corrected chi connectivity index (χ0v) is 9.13. The molecule has 0 aliphatic rings. The van der Waals surface area contributed by atoms with Crippen LogP contribution in [0.3, 0.4) is 0 Å². The summed E-state index contributed by atoms with van der Waals surface area (Å²) in [6, 6.07) is 0.655. The highest BCUT2D eigenvalue weighted by Crippen LogP contribution is 2.25. The number of hydrogen-bond donors (Lipinski definition) is 1. The van der Waals surface area contributed by atoms with Crippen molar-refractivity contribution in [3.05, 3.63) is 27.1 Å². The van der Waals surface area contributed by atoms with Crippen LogP contribution >= 0.6 is 22.3 Å². The minimum atomic E-state index is -4.54. The first-order valence-electron chi connectivity index (χ1n) is 3.39. The minimum Gasteiger partial charge on any atom is -0.343 e. The standard InChI is InChI=1S/C6H3Cl2F2NO3S/c7-3-1-2(12)5(15(8,13)14)4(11-3)6(9)10/h1,6H,(H,11,12). The van der Waals surface area contributed by atoms with E-state index in [1.807, 2.05) is 4.98 Å². The molecule has 0 amide bonds. The van der Waals surface area contributed by atoms with Gasteiger partial charge < -0.3 is 4.98 Å². The fourth-order valence-corrected chi connectivity index (χ4v) is 2.32. The molecule has 15 heavy (non-hydrogen) atoms. The van der Waals surface area contributed by atoms with Crippen molar-refractivity contribution in [3.8, 4) is 0 Å². The Bertz CT molecular complexity index is 540. The van der Waals surface area contributed by atoms with Crippen LogP contribution in [0.15, 0.2) is 15.8 Å². The van der Waals surface area contributed by atoms with Crippen molar-refractivity contribution < 1.29 is 17.2 Å². The molecule has 1 N–H and O–H groups in total. The highest BCUT2D eigenvalue weighted by molar-refractivity contribution is 8.13. The van der Waals surface area contributed by atoms with E-state index in [1.54, 1.807) is 0 Å². The van der Waals surface area contributed by atoms with E-state index in [4.69, 9.17) is 22.3 Å². The summed E-state index contributed by atoms with van der Waals surface area (Å²) in [5.41, 5.74) is -2.29. The van der Waals surface area contributed by atoms with E-state index in [0.29, 0.717) is 6.07 Å². The number of nitrogens with one attached hydrogen (secondary N) is 1. The zero-order valence-electron chi connectivity index (χ0n) is 6.80. The number of aromatic amines is 1. The SMILES string of the molecule is O=c1cc(Cl)[nH]c(C(F)F)c1S(=O)(=O)Cl. The lowest BCUT2D eigenvalue weighted by atomic mass is 10.3. The number of halogens is 4. The van der Waals surface area contributed by atoms with Gasteiger partial charge in [-0.05, 0) is 0 Å². The van der Waals surface area contributed by atoms with Crippen LogP contribution in [-0.4, -0.2) is 13.4 Å². The van der Waals surface area contributed by atoms with Crippen LogP contribution in [0.5, 0.6) is 0 Å². The van der Waals surface area contributed by atoms with Gasteiger partial charge in [0.25, 0.3) is 15.5 Å². The molecule has 1 heterocycles. The number of alkyl halides is 2. The van der Waals surface area contributed by atoms with Crippen molar-refractivity contribution >= 4 is 31.3 Å². The van der Waals surface area contributed by atoms with Gasteiger partial charge in [-0.25, -0.2) is 17.2 Å². The minimum absolute atomic E-state index is 0.389. The molecule has 0 aliphatic heterocycles. The molecule has 0 unspecified atom stereocenters. The van der Waals surface area contributed by atoms with Crippen molar-refractivity contribution in [2.24, 2.45) is 0 Å². The Labute approximate surface area is 92.2 Å². The van der Waals surface area contributed by atoms with Crippen LogP contribution in [0.4, 0.5) is 8.78 Å². The lowest BCUT2D eigenvalue weighted by molar-refractivity contribution is 0.142. The molecule has 0 atom stereocenters. The molecular weight excluding hydrogens is 275 g/mol. The van der Waals surface area contributed by atoms with E-state index in [0.717, 1.165) is 0 Å². The number of aromatic nitrogens is 1. The molecule has 0 aliphatic carbocycles. The summed E-state index contributed by atoms with van der Waals surface area (Å²) in [5.74, 6) is 0. The maximum absolute atomic E-state index is 12.4. The van der Waals surface area contributed by atoms with Crippen LogP contribution in [-0.2, 0) is 9.05 Å². The van der Waals surface area contributed by atoms with Crippen LogP contribution in [0.1, 0.15) is 12.1 Å². The molecule has 84 valence electrons. The van der Waals surface area contributed by atoms with Gasteiger partial charge in [0.1, 0.15) is 10.8 Å². The van der Waals surface area contributed by atoms with Crippen molar-refractivity contribution in [2.45, 2.75) is 11.3 Å². The maximum Gasteiger partial charge on any atom is 0.279 e. The molecular formula is C6H3Cl2F2NO3S. The second-order valence-electron chi connectivity index (χ2n) is 2.46. The number of H-pyrrole nitrogens is 1. The molecule has 0 aromatic carbocycles. The first kappa shape index (κ1) is 12.4. The van der Waals surface area contributed by atoms with E-state index in [-0.39, 0.29) is 5.15 Å². The van der Waals surface area contributed by atoms with E-state index in [9.17, 15) is 22.0 Å². The second-order valence-corrected chi connectivity index (χ2v) is 5.37. The van der Waals surface area contributed by atoms with Crippen molar-refractivity contribution in [1.29, 1.82) is 0 Å². The van der Waals surface area contributed by atoms with Crippen molar-refractivity contribution in [2.75, 3.05) is 0 Å². The highest BCUT2D eigenvalue weighted by atomic mass is 35.7. The quantitative estimate of drug-likeness (QED) is 0.663. The molecule has 0 radical (unpaired) electrons. The van der Waals surface area contributed by atoms with E-state index in [2.05, 4.69) is 0 Å². The molecule has 1 aromatic rings. The monoisotopic (exact) mass is 277 g/mol. The smallest absolute Gasteiger partial charge is 0.279 e. The van der Waals surface area contributed by atoms with Gasteiger partial charge in [0, 0.05) is 16.7 Å². The fraction of sp³-hybridized carbons (Fsp3) is 0.167. The third-order valence-corrected chi connectivity index (χ3v) is 3.02. The number of pyridine rings is 1. The van der Waals surface area contributed by atoms with Gasteiger partial charge in [0.15, 0.2) is 4.90 Å². The lowest BCUT2D eigenvalue weighted by Gasteiger charge is -2.05. The van der Waals surface area contributed by atoms with E-state index in [1.165, 1.54) is 0 Å². The van der Waals surface area contributed by atoms with Gasteiger partial charge in [-0.1, -0.05) is 11.6 Å². The third-order valence-electron chi connectivity index (χ3n) is 1.44. The van der Waals surface area contributed by atoms with Gasteiger partial charge in [-0.3, -0.25) is 4.79 Å². The summed E-state index contributed by atoms with van der Waals surface area (Å²) >= 11 is 5.29. The predicted octanol–water partition coefficient (Wildman–Crippen LogP) is 1.89. The zero-order chi connectivity index (χ0) is 11.8. The Hall–Kier alpha value is -0.660. The van der Waals surface area contributed by atoms with E-state index >= 15 is 0 Å². The van der Waals surface area contributed by atoms with Gasteiger partial charge in [0.2, 0.25) is 5.43 Å². The van der Waals surface area contributed by atoms with E-state index < -0.39 is 31.5 Å². The molecule has 4 nitrogen and oxygen atoms in total. The van der Waals surface area contributed by atoms with Crippen molar-refractivity contribution in [1.82, 2.24) is 4.98 Å². The van der Waals surface area contributed by atoms with Gasteiger partial charge in [0.05, 0.1) is 0 Å². The molecule has 1 rings (SSSR count). The average Bonchev–Trinajstić information content (AvgIpc) is 1.99. The Morgan fingerprint density at radius 2 is 1.93 bits per heavy atom. The lowest BCUT2D eigenvalue weighted by Crippen LogP contribution is -2.16. The molecule has 0 bridgehead atoms. The third kappa shape index (κ3) is 2.67. The second kappa shape index (κ2) is 4.07. The normalized spacial score (nSPS) is 12.1. The molecule has 0 saturated heterocycles. The van der Waals surface area contributed by atoms with Gasteiger partial charge >= 0.3 is 0 Å². The molecule has 0 fully saturated rings. The summed E-state index contributed by atoms with van der Waals surface area (Å²) < 4.78 is 46.5. The maximum atomic E-state index is 12.4. The largest absolute Gasteiger partial charge is 0.343 e. The molecule has 9 heteroatoms. The van der Waals surface area contributed by atoms with Crippen LogP contribution in [0, 0.1) is 0 Å². The average molecular weight is 278 g/mol. The van der Waals surface area contributed by atoms with Crippen molar-refractivity contribution in [3.63, 3.8) is 0 Å². The summed E-state index contributed by atoms with van der Waals surface area (Å²) in [6.07, 6.45) is -3.19. The summed E-state index contributed by atoms with van der Waals surface area (Å²) in [4.78, 5) is 11.8. The first-order valence-corrected chi connectivity index (χ1v) is 6.07.